The molecule has 2 heterocycles. The number of hydrogen-bond donors (Lipinski definition) is 1. The van der Waals surface area contributed by atoms with Gasteiger partial charge in [0.1, 0.15) is 17.2 Å². The van der Waals surface area contributed by atoms with Crippen molar-refractivity contribution in [3.63, 3.8) is 0 Å². The maximum Gasteiger partial charge on any atom is 0.146 e. The third kappa shape index (κ3) is 3.12. The van der Waals surface area contributed by atoms with E-state index in [1.807, 2.05) is 12.1 Å². The van der Waals surface area contributed by atoms with Crippen LogP contribution in [0, 0.1) is 0 Å². The van der Waals surface area contributed by atoms with Gasteiger partial charge >= 0.3 is 0 Å². The fourth-order valence-electron chi connectivity index (χ4n) is 3.58. The third-order valence-corrected chi connectivity index (χ3v) is 4.93. The van der Waals surface area contributed by atoms with E-state index in [4.69, 9.17) is 14.2 Å². The fourth-order valence-corrected chi connectivity index (χ4v) is 3.58. The molecule has 0 unspecified atom stereocenters. The van der Waals surface area contributed by atoms with Crippen LogP contribution in [0.2, 0.25) is 0 Å². The van der Waals surface area contributed by atoms with Crippen LogP contribution in [0.5, 0.6) is 17.2 Å². The molecule has 2 aliphatic rings. The topological polar surface area (TPSA) is 39.7 Å². The summed E-state index contributed by atoms with van der Waals surface area (Å²) < 4.78 is 17.2. The second-order valence-corrected chi connectivity index (χ2v) is 6.69. The number of benzene rings is 2. The summed E-state index contributed by atoms with van der Waals surface area (Å²) in [5.74, 6) is 2.74. The first-order chi connectivity index (χ1) is 12.8. The van der Waals surface area contributed by atoms with Gasteiger partial charge < -0.3 is 19.5 Å². The van der Waals surface area contributed by atoms with Gasteiger partial charge in [0, 0.05) is 23.7 Å². The van der Waals surface area contributed by atoms with E-state index in [0.717, 1.165) is 55.4 Å². The highest BCUT2D eigenvalue weighted by atomic mass is 16.5. The summed E-state index contributed by atoms with van der Waals surface area (Å²) in [6.07, 6.45) is 5.37. The van der Waals surface area contributed by atoms with Crippen LogP contribution >= 0.6 is 0 Å². The van der Waals surface area contributed by atoms with E-state index in [2.05, 4.69) is 36.5 Å². The maximum atomic E-state index is 6.00. The number of ether oxygens (including phenoxy) is 3. The van der Waals surface area contributed by atoms with Gasteiger partial charge in [-0.3, -0.25) is 0 Å². The van der Waals surface area contributed by atoms with Crippen molar-refractivity contribution < 1.29 is 14.2 Å². The average molecular weight is 351 g/mol. The molecule has 2 aromatic rings. The van der Waals surface area contributed by atoms with Gasteiger partial charge in [-0.2, -0.15) is 0 Å². The molecule has 2 aromatic carbocycles. The smallest absolute Gasteiger partial charge is 0.146 e. The molecule has 0 saturated heterocycles. The Kier molecular flexibility index (Phi) is 4.74. The Labute approximate surface area is 154 Å². The van der Waals surface area contributed by atoms with E-state index in [-0.39, 0.29) is 0 Å². The Hall–Kier alpha value is -2.62. The highest BCUT2D eigenvalue weighted by molar-refractivity contribution is 5.94. The molecule has 0 radical (unpaired) electrons. The van der Waals surface area contributed by atoms with Crippen molar-refractivity contribution in [3.8, 4) is 17.2 Å². The SMILES string of the molecule is CCCOc1cc2c(c3c1NCC(c1ccc(OC)cc1)=C3)CCCO2. The molecule has 0 bridgehead atoms. The van der Waals surface area contributed by atoms with E-state index in [1.54, 1.807) is 7.11 Å². The Morgan fingerprint density at radius 3 is 2.81 bits per heavy atom. The van der Waals surface area contributed by atoms with Gasteiger partial charge in [0.05, 0.1) is 26.0 Å². The average Bonchev–Trinajstić information content (AvgIpc) is 2.71. The van der Waals surface area contributed by atoms with Crippen molar-refractivity contribution in [1.82, 2.24) is 0 Å². The second-order valence-electron chi connectivity index (χ2n) is 6.69. The molecule has 0 amide bonds. The van der Waals surface area contributed by atoms with E-state index in [0.29, 0.717) is 6.61 Å². The number of methoxy groups -OCH3 is 1. The summed E-state index contributed by atoms with van der Waals surface area (Å²) in [6.45, 7) is 4.39. The molecule has 0 fully saturated rings. The predicted molar refractivity (Wildman–Crippen MR) is 105 cm³/mol. The molecule has 4 rings (SSSR count). The van der Waals surface area contributed by atoms with E-state index in [9.17, 15) is 0 Å². The zero-order chi connectivity index (χ0) is 17.9. The number of fused-ring (bicyclic) bond motifs is 3. The van der Waals surface area contributed by atoms with Gasteiger partial charge in [0.25, 0.3) is 0 Å². The molecule has 0 aromatic heterocycles. The lowest BCUT2D eigenvalue weighted by Gasteiger charge is -2.28. The lowest BCUT2D eigenvalue weighted by atomic mass is 9.91. The number of hydrogen-bond acceptors (Lipinski definition) is 4. The van der Waals surface area contributed by atoms with Crippen LogP contribution in [0.4, 0.5) is 5.69 Å². The van der Waals surface area contributed by atoms with Crippen LogP contribution in [0.1, 0.15) is 36.5 Å². The highest BCUT2D eigenvalue weighted by Crippen LogP contribution is 2.44. The van der Waals surface area contributed by atoms with E-state index in [1.165, 1.54) is 22.3 Å². The van der Waals surface area contributed by atoms with Crippen LogP contribution in [0.3, 0.4) is 0 Å². The van der Waals surface area contributed by atoms with Gasteiger partial charge in [-0.1, -0.05) is 19.1 Å². The lowest BCUT2D eigenvalue weighted by molar-refractivity contribution is 0.281. The van der Waals surface area contributed by atoms with E-state index >= 15 is 0 Å². The Morgan fingerprint density at radius 1 is 1.19 bits per heavy atom. The summed E-state index contributed by atoms with van der Waals surface area (Å²) in [5, 5.41) is 3.59. The standard InChI is InChI=1S/C22H25NO3/c1-3-10-25-21-13-20-18(5-4-11-26-20)19-12-16(14-23-22(19)21)15-6-8-17(24-2)9-7-15/h6-9,12-13,23H,3-5,10-11,14H2,1-2H3. The molecule has 0 saturated carbocycles. The molecule has 4 heteroatoms. The minimum atomic E-state index is 0.710. The monoisotopic (exact) mass is 351 g/mol. The lowest BCUT2D eigenvalue weighted by Crippen LogP contribution is -2.17. The minimum Gasteiger partial charge on any atom is -0.497 e. The second kappa shape index (κ2) is 7.32. The summed E-state index contributed by atoms with van der Waals surface area (Å²) in [6, 6.07) is 10.3. The minimum absolute atomic E-state index is 0.710. The normalized spacial score (nSPS) is 15.1. The van der Waals surface area contributed by atoms with Crippen molar-refractivity contribution in [2.24, 2.45) is 0 Å². The zero-order valence-corrected chi connectivity index (χ0v) is 15.4. The van der Waals surface area contributed by atoms with Crippen molar-refractivity contribution in [3.05, 3.63) is 47.0 Å². The number of rotatable bonds is 5. The van der Waals surface area contributed by atoms with Crippen molar-refractivity contribution in [2.45, 2.75) is 26.2 Å². The van der Waals surface area contributed by atoms with E-state index < -0.39 is 0 Å². The van der Waals surface area contributed by atoms with Crippen molar-refractivity contribution in [2.75, 3.05) is 32.2 Å². The van der Waals surface area contributed by atoms with Gasteiger partial charge in [-0.05, 0) is 48.6 Å². The Morgan fingerprint density at radius 2 is 2.04 bits per heavy atom. The number of anilines is 1. The summed E-state index contributed by atoms with van der Waals surface area (Å²) in [5.41, 5.74) is 6.06. The molecular formula is C22H25NO3. The quantitative estimate of drug-likeness (QED) is 0.842. The van der Waals surface area contributed by atoms with Crippen LogP contribution in [-0.4, -0.2) is 26.9 Å². The van der Waals surface area contributed by atoms with Gasteiger partial charge in [0.15, 0.2) is 0 Å². The molecule has 1 N–H and O–H groups in total. The summed E-state index contributed by atoms with van der Waals surface area (Å²) >= 11 is 0. The first-order valence-corrected chi connectivity index (χ1v) is 9.34. The van der Waals surface area contributed by atoms with Gasteiger partial charge in [-0.25, -0.2) is 0 Å². The molecule has 0 atom stereocenters. The zero-order valence-electron chi connectivity index (χ0n) is 15.4. The summed E-state index contributed by atoms with van der Waals surface area (Å²) in [7, 11) is 1.69. The van der Waals surface area contributed by atoms with Crippen LogP contribution in [-0.2, 0) is 6.42 Å². The Bertz CT molecular complexity index is 824. The molecule has 0 aliphatic carbocycles. The fraction of sp³-hybridized carbons (Fsp3) is 0.364. The van der Waals surface area contributed by atoms with Crippen molar-refractivity contribution in [1.29, 1.82) is 0 Å². The molecule has 4 nitrogen and oxygen atoms in total. The van der Waals surface area contributed by atoms with Gasteiger partial charge in [-0.15, -0.1) is 0 Å². The van der Waals surface area contributed by atoms with Crippen LogP contribution < -0.4 is 19.5 Å². The molecular weight excluding hydrogens is 326 g/mol. The van der Waals surface area contributed by atoms with Crippen molar-refractivity contribution >= 4 is 17.3 Å². The predicted octanol–water partition coefficient (Wildman–Crippen LogP) is 4.78. The highest BCUT2D eigenvalue weighted by Gasteiger charge is 2.24. The largest absolute Gasteiger partial charge is 0.497 e. The van der Waals surface area contributed by atoms with Crippen LogP contribution in [0.25, 0.3) is 11.6 Å². The molecule has 26 heavy (non-hydrogen) atoms. The Balaban J connectivity index is 1.77. The van der Waals surface area contributed by atoms with Crippen LogP contribution in [0.15, 0.2) is 30.3 Å². The molecule has 2 aliphatic heterocycles. The molecule has 136 valence electrons. The molecule has 0 spiro atoms. The first-order valence-electron chi connectivity index (χ1n) is 9.34. The van der Waals surface area contributed by atoms with Gasteiger partial charge in [0.2, 0.25) is 0 Å². The maximum absolute atomic E-state index is 6.00. The third-order valence-electron chi connectivity index (χ3n) is 4.93. The number of nitrogens with one attached hydrogen (secondary N) is 1. The first kappa shape index (κ1) is 16.8. The summed E-state index contributed by atoms with van der Waals surface area (Å²) in [4.78, 5) is 0.